The van der Waals surface area contributed by atoms with Crippen LogP contribution in [0, 0.1) is 10.1 Å². The van der Waals surface area contributed by atoms with Crippen molar-refractivity contribution in [2.75, 3.05) is 13.7 Å². The molecular formula is C13H17ClN2O5. The van der Waals surface area contributed by atoms with Gasteiger partial charge in [-0.05, 0) is 25.5 Å². The molecule has 1 N–H and O–H groups in total. The quantitative estimate of drug-likeness (QED) is 0.660. The number of aliphatic carboxylic acids is 1. The molecule has 0 spiro atoms. The molecule has 1 fully saturated rings. The van der Waals surface area contributed by atoms with Crippen LogP contribution in [0.15, 0.2) is 18.2 Å². The Morgan fingerprint density at radius 2 is 2.29 bits per heavy atom. The van der Waals surface area contributed by atoms with Crippen molar-refractivity contribution in [3.8, 4) is 5.75 Å². The van der Waals surface area contributed by atoms with Gasteiger partial charge in [0, 0.05) is 24.2 Å². The number of nitrogens with zero attached hydrogens (tertiary/aromatic N) is 2. The third-order valence-electron chi connectivity index (χ3n) is 3.50. The van der Waals surface area contributed by atoms with Gasteiger partial charge in [0.25, 0.3) is 5.69 Å². The summed E-state index contributed by atoms with van der Waals surface area (Å²) in [4.78, 5) is 23.3. The van der Waals surface area contributed by atoms with E-state index in [0.717, 1.165) is 6.42 Å². The minimum Gasteiger partial charge on any atom is -0.496 e. The van der Waals surface area contributed by atoms with Crippen molar-refractivity contribution < 1.29 is 19.6 Å². The number of hydrogen-bond donors (Lipinski definition) is 1. The Morgan fingerprint density at radius 3 is 2.86 bits per heavy atom. The van der Waals surface area contributed by atoms with Gasteiger partial charge in [-0.3, -0.25) is 19.8 Å². The Kier molecular flexibility index (Phi) is 5.92. The third-order valence-corrected chi connectivity index (χ3v) is 3.50. The summed E-state index contributed by atoms with van der Waals surface area (Å²) in [6, 6.07) is 3.83. The molecular weight excluding hydrogens is 300 g/mol. The van der Waals surface area contributed by atoms with Crippen molar-refractivity contribution in [3.63, 3.8) is 0 Å². The molecule has 1 heterocycles. The Labute approximate surface area is 128 Å². The summed E-state index contributed by atoms with van der Waals surface area (Å²) in [5.41, 5.74) is 0.613. The van der Waals surface area contributed by atoms with E-state index in [2.05, 4.69) is 0 Å². The lowest BCUT2D eigenvalue weighted by atomic mass is 10.1. The van der Waals surface area contributed by atoms with Crippen molar-refractivity contribution in [2.24, 2.45) is 0 Å². The second kappa shape index (κ2) is 7.24. The van der Waals surface area contributed by atoms with Crippen LogP contribution in [0.25, 0.3) is 0 Å². The van der Waals surface area contributed by atoms with Gasteiger partial charge >= 0.3 is 5.97 Å². The number of likely N-dealkylation sites (tertiary alicyclic amines) is 1. The zero-order chi connectivity index (χ0) is 14.7. The van der Waals surface area contributed by atoms with Crippen LogP contribution in [-0.4, -0.2) is 40.6 Å². The van der Waals surface area contributed by atoms with Crippen LogP contribution in [0.3, 0.4) is 0 Å². The maximum absolute atomic E-state index is 11.2. The average molecular weight is 317 g/mol. The number of rotatable bonds is 5. The van der Waals surface area contributed by atoms with E-state index in [0.29, 0.717) is 30.8 Å². The van der Waals surface area contributed by atoms with Crippen LogP contribution < -0.4 is 4.74 Å². The van der Waals surface area contributed by atoms with Gasteiger partial charge < -0.3 is 9.84 Å². The number of carbonyl (C=O) groups is 1. The molecule has 0 aromatic heterocycles. The normalized spacial score (nSPS) is 18.0. The second-order valence-electron chi connectivity index (χ2n) is 4.72. The molecule has 7 nitrogen and oxygen atoms in total. The smallest absolute Gasteiger partial charge is 0.320 e. The average Bonchev–Trinajstić information content (AvgIpc) is 2.87. The number of carboxylic acids is 1. The number of ether oxygens (including phenoxy) is 1. The lowest BCUT2D eigenvalue weighted by Gasteiger charge is -2.21. The van der Waals surface area contributed by atoms with Crippen molar-refractivity contribution >= 4 is 24.1 Å². The van der Waals surface area contributed by atoms with E-state index >= 15 is 0 Å². The van der Waals surface area contributed by atoms with E-state index in [1.54, 1.807) is 6.07 Å². The zero-order valence-electron chi connectivity index (χ0n) is 11.5. The number of nitro benzene ring substituents is 1. The van der Waals surface area contributed by atoms with Crippen LogP contribution in [0.1, 0.15) is 18.4 Å². The summed E-state index contributed by atoms with van der Waals surface area (Å²) in [5, 5.41) is 20.0. The molecule has 0 radical (unpaired) electrons. The van der Waals surface area contributed by atoms with Gasteiger partial charge in [0.2, 0.25) is 0 Å². The van der Waals surface area contributed by atoms with Crippen LogP contribution in [0.5, 0.6) is 5.75 Å². The summed E-state index contributed by atoms with van der Waals surface area (Å²) in [7, 11) is 1.49. The largest absolute Gasteiger partial charge is 0.496 e. The van der Waals surface area contributed by atoms with E-state index in [9.17, 15) is 14.9 Å². The Balaban J connectivity index is 0.00000220. The molecule has 1 aliphatic rings. The first kappa shape index (κ1) is 17.2. The van der Waals surface area contributed by atoms with E-state index in [-0.39, 0.29) is 18.1 Å². The molecule has 21 heavy (non-hydrogen) atoms. The van der Waals surface area contributed by atoms with E-state index in [1.165, 1.54) is 19.2 Å². The van der Waals surface area contributed by atoms with E-state index in [4.69, 9.17) is 9.84 Å². The molecule has 0 amide bonds. The van der Waals surface area contributed by atoms with Crippen molar-refractivity contribution in [1.82, 2.24) is 4.90 Å². The van der Waals surface area contributed by atoms with Gasteiger partial charge in [-0.2, -0.15) is 0 Å². The highest BCUT2D eigenvalue weighted by Crippen LogP contribution is 2.28. The predicted molar refractivity (Wildman–Crippen MR) is 78.0 cm³/mol. The minimum absolute atomic E-state index is 0. The molecule has 2 rings (SSSR count). The summed E-state index contributed by atoms with van der Waals surface area (Å²) >= 11 is 0. The maximum atomic E-state index is 11.2. The molecule has 1 saturated heterocycles. The third kappa shape index (κ3) is 3.83. The monoisotopic (exact) mass is 316 g/mol. The molecule has 8 heteroatoms. The van der Waals surface area contributed by atoms with Gasteiger partial charge in [-0.25, -0.2) is 0 Å². The molecule has 0 bridgehead atoms. The summed E-state index contributed by atoms with van der Waals surface area (Å²) in [6.07, 6.45) is 1.42. The van der Waals surface area contributed by atoms with Crippen LogP contribution >= 0.6 is 12.4 Å². The first-order chi connectivity index (χ1) is 9.52. The standard InChI is InChI=1S/C13H16N2O5.ClH/c1-20-12-5-4-10(15(18)19)7-9(12)8-14-6-2-3-11(14)13(16)17;/h4-5,7,11H,2-3,6,8H2,1H3,(H,16,17);1H. The maximum Gasteiger partial charge on any atom is 0.320 e. The minimum atomic E-state index is -0.855. The lowest BCUT2D eigenvalue weighted by Crippen LogP contribution is -2.35. The highest BCUT2D eigenvalue weighted by Gasteiger charge is 2.31. The van der Waals surface area contributed by atoms with Gasteiger partial charge in [-0.15, -0.1) is 12.4 Å². The van der Waals surface area contributed by atoms with E-state index in [1.807, 2.05) is 4.90 Å². The summed E-state index contributed by atoms with van der Waals surface area (Å²) < 4.78 is 5.19. The molecule has 0 aliphatic carbocycles. The first-order valence-corrected chi connectivity index (χ1v) is 6.31. The summed E-state index contributed by atoms with van der Waals surface area (Å²) in [5.74, 6) is -0.321. The number of halogens is 1. The SMILES string of the molecule is COc1ccc([N+](=O)[O-])cc1CN1CCCC1C(=O)O.Cl. The Hall–Kier alpha value is -1.86. The summed E-state index contributed by atoms with van der Waals surface area (Å²) in [6.45, 7) is 1.00. The Morgan fingerprint density at radius 1 is 1.57 bits per heavy atom. The fourth-order valence-corrected chi connectivity index (χ4v) is 2.52. The number of methoxy groups -OCH3 is 1. The van der Waals surface area contributed by atoms with Gasteiger partial charge in [0.1, 0.15) is 11.8 Å². The number of non-ortho nitro benzene ring substituents is 1. The number of nitro groups is 1. The van der Waals surface area contributed by atoms with E-state index < -0.39 is 16.9 Å². The predicted octanol–water partition coefficient (Wildman–Crippen LogP) is 2.07. The lowest BCUT2D eigenvalue weighted by molar-refractivity contribution is -0.384. The molecule has 1 atom stereocenters. The molecule has 1 unspecified atom stereocenters. The van der Waals surface area contributed by atoms with Crippen molar-refractivity contribution in [2.45, 2.75) is 25.4 Å². The highest BCUT2D eigenvalue weighted by molar-refractivity contribution is 5.85. The van der Waals surface area contributed by atoms with Crippen LogP contribution in [0.4, 0.5) is 5.69 Å². The molecule has 0 saturated carbocycles. The molecule has 1 aliphatic heterocycles. The first-order valence-electron chi connectivity index (χ1n) is 6.31. The molecule has 116 valence electrons. The topological polar surface area (TPSA) is 92.9 Å². The highest BCUT2D eigenvalue weighted by atomic mass is 35.5. The fraction of sp³-hybridized carbons (Fsp3) is 0.462. The van der Waals surface area contributed by atoms with Crippen LogP contribution in [-0.2, 0) is 11.3 Å². The second-order valence-corrected chi connectivity index (χ2v) is 4.72. The van der Waals surface area contributed by atoms with Crippen molar-refractivity contribution in [1.29, 1.82) is 0 Å². The Bertz CT molecular complexity index is 537. The molecule has 1 aromatic rings. The van der Waals surface area contributed by atoms with Crippen molar-refractivity contribution in [3.05, 3.63) is 33.9 Å². The van der Waals surface area contributed by atoms with Gasteiger partial charge in [0.05, 0.1) is 12.0 Å². The fourth-order valence-electron chi connectivity index (χ4n) is 2.52. The number of hydrogen-bond acceptors (Lipinski definition) is 5. The number of carboxylic acid groups (broad SMARTS) is 1. The van der Waals surface area contributed by atoms with Gasteiger partial charge in [0.15, 0.2) is 0 Å². The van der Waals surface area contributed by atoms with Crippen LogP contribution in [0.2, 0.25) is 0 Å². The molecule has 1 aromatic carbocycles. The number of benzene rings is 1. The zero-order valence-corrected chi connectivity index (χ0v) is 12.3. The van der Waals surface area contributed by atoms with Gasteiger partial charge in [-0.1, -0.05) is 0 Å².